The van der Waals surface area contributed by atoms with Crippen LogP contribution in [0.5, 0.6) is 0 Å². The molecular weight excluding hydrogens is 278 g/mol. The second-order valence-electron chi connectivity index (χ2n) is 3.62. The maximum atomic E-state index is 10.4. The number of rotatable bonds is 6. The Morgan fingerprint density at radius 1 is 1.14 bits per heavy atom. The van der Waals surface area contributed by atoms with E-state index in [2.05, 4.69) is 4.74 Å². The highest BCUT2D eigenvalue weighted by molar-refractivity contribution is 5.94. The van der Waals surface area contributed by atoms with Crippen LogP contribution in [0.1, 0.15) is 40.5 Å². The molecule has 0 aromatic carbocycles. The summed E-state index contributed by atoms with van der Waals surface area (Å²) in [5.41, 5.74) is 5.25. The first kappa shape index (κ1) is 24.0. The van der Waals surface area contributed by atoms with Gasteiger partial charge in [0.15, 0.2) is 5.78 Å². The van der Waals surface area contributed by atoms with Gasteiger partial charge in [-0.25, -0.2) is 4.79 Å². The number of hydrogen-bond acceptors (Lipinski definition) is 6. The largest absolute Gasteiger partial charge is 0.481 e. The molecule has 3 N–H and O–H groups in total. The fourth-order valence-electron chi connectivity index (χ4n) is 0.736. The zero-order valence-corrected chi connectivity index (χ0v) is 13.2. The predicted molar refractivity (Wildman–Crippen MR) is 78.7 cm³/mol. The average molecular weight is 303 g/mol. The van der Waals surface area contributed by atoms with Crippen LogP contribution in [-0.2, 0) is 23.9 Å². The molecule has 0 saturated heterocycles. The zero-order valence-electron chi connectivity index (χ0n) is 13.2. The molecule has 7 heteroatoms. The topological polar surface area (TPSA) is 124 Å². The molecule has 0 spiro atoms. The average Bonchev–Trinajstić information content (AvgIpc) is 2.44. The molecule has 0 aliphatic carbocycles. The van der Waals surface area contributed by atoms with E-state index in [4.69, 9.17) is 10.8 Å². The molecule has 0 radical (unpaired) electrons. The molecule has 1 unspecified atom stereocenters. The molecule has 0 rings (SSSR count). The lowest BCUT2D eigenvalue weighted by Gasteiger charge is -2.03. The number of aliphatic carboxylic acids is 1. The number of carboxylic acids is 1. The van der Waals surface area contributed by atoms with Crippen LogP contribution in [-0.4, -0.2) is 41.8 Å². The van der Waals surface area contributed by atoms with E-state index in [1.165, 1.54) is 21.0 Å². The van der Waals surface area contributed by atoms with Gasteiger partial charge in [0.05, 0.1) is 13.2 Å². The van der Waals surface area contributed by atoms with E-state index < -0.39 is 18.0 Å². The Balaban J connectivity index is -0.000000277. The highest BCUT2D eigenvalue weighted by Crippen LogP contribution is 1.94. The fraction of sp³-hybridized carbons (Fsp3) is 0.571. The summed E-state index contributed by atoms with van der Waals surface area (Å²) in [6, 6.07) is -0.615. The maximum absolute atomic E-state index is 10.4. The molecule has 0 saturated carbocycles. The van der Waals surface area contributed by atoms with Crippen molar-refractivity contribution in [3.63, 3.8) is 0 Å². The van der Waals surface area contributed by atoms with Crippen molar-refractivity contribution < 1.29 is 29.0 Å². The Bertz CT molecular complexity index is 362. The predicted octanol–water partition coefficient (Wildman–Crippen LogP) is 1.10. The maximum Gasteiger partial charge on any atom is 0.330 e. The van der Waals surface area contributed by atoms with Crippen molar-refractivity contribution in [1.29, 1.82) is 0 Å². The number of carbonyl (C=O) groups is 4. The number of methoxy groups -OCH3 is 1. The van der Waals surface area contributed by atoms with Crippen LogP contribution in [0.3, 0.4) is 0 Å². The van der Waals surface area contributed by atoms with E-state index in [0.29, 0.717) is 0 Å². The van der Waals surface area contributed by atoms with Crippen molar-refractivity contribution in [3.05, 3.63) is 12.2 Å². The lowest BCUT2D eigenvalue weighted by atomic mass is 10.1. The zero-order chi connectivity index (χ0) is 17.4. The molecule has 0 bridgehead atoms. The summed E-state index contributed by atoms with van der Waals surface area (Å²) in [6.07, 6.45) is 2.43. The monoisotopic (exact) mass is 303 g/mol. The minimum absolute atomic E-state index is 0.0409. The molecular formula is C14H25NO6. The van der Waals surface area contributed by atoms with Crippen molar-refractivity contribution in [3.8, 4) is 0 Å². The second-order valence-corrected chi connectivity index (χ2v) is 3.62. The number of hydrogen-bond donors (Lipinski definition) is 2. The first-order chi connectivity index (χ1) is 9.70. The van der Waals surface area contributed by atoms with E-state index >= 15 is 0 Å². The molecule has 1 atom stereocenters. The number of nitrogens with two attached hydrogens (primary N) is 1. The summed E-state index contributed by atoms with van der Waals surface area (Å²) in [5.74, 6) is -1.76. The van der Waals surface area contributed by atoms with Crippen molar-refractivity contribution in [2.45, 2.75) is 46.6 Å². The number of allylic oxidation sites excluding steroid dienone is 1. The van der Waals surface area contributed by atoms with Crippen LogP contribution in [0.25, 0.3) is 0 Å². The highest BCUT2D eigenvalue weighted by Gasteiger charge is 2.09. The van der Waals surface area contributed by atoms with Crippen molar-refractivity contribution in [1.82, 2.24) is 0 Å². The van der Waals surface area contributed by atoms with Crippen LogP contribution in [0.4, 0.5) is 0 Å². The van der Waals surface area contributed by atoms with E-state index in [1.807, 2.05) is 13.8 Å². The van der Waals surface area contributed by atoms with Gasteiger partial charge in [-0.15, -0.1) is 0 Å². The van der Waals surface area contributed by atoms with Crippen molar-refractivity contribution in [2.24, 2.45) is 5.73 Å². The van der Waals surface area contributed by atoms with E-state index in [0.717, 1.165) is 12.2 Å². The van der Waals surface area contributed by atoms with Crippen LogP contribution in [0, 0.1) is 0 Å². The molecule has 0 aliphatic heterocycles. The molecule has 0 amide bonds. The van der Waals surface area contributed by atoms with Gasteiger partial charge >= 0.3 is 11.9 Å². The van der Waals surface area contributed by atoms with Gasteiger partial charge in [-0.3, -0.25) is 14.4 Å². The third kappa shape index (κ3) is 23.5. The van der Waals surface area contributed by atoms with Crippen LogP contribution < -0.4 is 5.73 Å². The van der Waals surface area contributed by atoms with E-state index in [-0.39, 0.29) is 24.4 Å². The molecule has 0 aromatic rings. The summed E-state index contributed by atoms with van der Waals surface area (Å²) >= 11 is 0. The Morgan fingerprint density at radius 2 is 1.62 bits per heavy atom. The molecule has 122 valence electrons. The van der Waals surface area contributed by atoms with Crippen molar-refractivity contribution in [2.75, 3.05) is 7.11 Å². The number of esters is 1. The third-order valence-electron chi connectivity index (χ3n) is 1.85. The van der Waals surface area contributed by atoms with Crippen LogP contribution in [0.2, 0.25) is 0 Å². The number of Topliss-reactive ketones (excluding diaryl/α,β-unsaturated/α-hetero) is 1. The molecule has 21 heavy (non-hydrogen) atoms. The third-order valence-corrected chi connectivity index (χ3v) is 1.85. The number of carboxylic acid groups (broad SMARTS) is 1. The van der Waals surface area contributed by atoms with Gasteiger partial charge < -0.3 is 15.6 Å². The molecule has 7 nitrogen and oxygen atoms in total. The Morgan fingerprint density at radius 3 is 1.90 bits per heavy atom. The van der Waals surface area contributed by atoms with Gasteiger partial charge in [0.1, 0.15) is 5.78 Å². The van der Waals surface area contributed by atoms with Gasteiger partial charge in [-0.05, 0) is 26.3 Å². The Kier molecular flexibility index (Phi) is 18.3. The van der Waals surface area contributed by atoms with Crippen LogP contribution >= 0.6 is 0 Å². The summed E-state index contributed by atoms with van der Waals surface area (Å²) in [7, 11) is 1.26. The fourth-order valence-corrected chi connectivity index (χ4v) is 0.736. The lowest BCUT2D eigenvalue weighted by molar-refractivity contribution is -0.137. The molecule has 0 aliphatic rings. The smallest absolute Gasteiger partial charge is 0.330 e. The van der Waals surface area contributed by atoms with Gasteiger partial charge in [0.25, 0.3) is 0 Å². The van der Waals surface area contributed by atoms with Gasteiger partial charge in [-0.1, -0.05) is 13.8 Å². The van der Waals surface area contributed by atoms with Crippen LogP contribution in [0.15, 0.2) is 12.2 Å². The molecule has 0 aromatic heterocycles. The second kappa shape index (κ2) is 16.0. The SMILES string of the molecule is CC.CC(=O)C(N)CCC(=O)O.COC(=O)/C=C/C(C)=O. The lowest BCUT2D eigenvalue weighted by Crippen LogP contribution is -2.28. The van der Waals surface area contributed by atoms with Gasteiger partial charge in [0, 0.05) is 12.5 Å². The minimum atomic E-state index is -0.920. The standard InChI is InChI=1S/C6H11NO3.C6H8O3.C2H6/c1-4(8)5(7)2-3-6(9)10;1-5(7)3-4-6(8)9-2;1-2/h5H,2-3,7H2,1H3,(H,9,10);3-4H,1-2H3;1-2H3/b;4-3+;. The number of ketones is 2. The number of ether oxygens (including phenoxy) is 1. The first-order valence-corrected chi connectivity index (χ1v) is 6.45. The summed E-state index contributed by atoms with van der Waals surface area (Å²) in [6.45, 7) is 6.71. The normalized spacial score (nSPS) is 10.4. The first-order valence-electron chi connectivity index (χ1n) is 6.45. The van der Waals surface area contributed by atoms with Gasteiger partial charge in [0.2, 0.25) is 0 Å². The summed E-state index contributed by atoms with van der Waals surface area (Å²) in [4.78, 5) is 40.8. The quantitative estimate of drug-likeness (QED) is 0.556. The van der Waals surface area contributed by atoms with E-state index in [1.54, 1.807) is 0 Å². The van der Waals surface area contributed by atoms with Crippen molar-refractivity contribution >= 4 is 23.5 Å². The summed E-state index contributed by atoms with van der Waals surface area (Å²) in [5, 5.41) is 8.18. The number of carbonyl (C=O) groups excluding carboxylic acids is 3. The molecule has 0 fully saturated rings. The summed E-state index contributed by atoms with van der Waals surface area (Å²) < 4.78 is 4.22. The van der Waals surface area contributed by atoms with Gasteiger partial charge in [-0.2, -0.15) is 0 Å². The minimum Gasteiger partial charge on any atom is -0.481 e. The Hall–Kier alpha value is -2.02. The molecule has 0 heterocycles. The highest BCUT2D eigenvalue weighted by atomic mass is 16.5. The Labute approximate surface area is 125 Å². The van der Waals surface area contributed by atoms with E-state index in [9.17, 15) is 19.2 Å².